The summed E-state index contributed by atoms with van der Waals surface area (Å²) in [4.78, 5) is 21.3. The highest BCUT2D eigenvalue weighted by atomic mass is 32.2. The summed E-state index contributed by atoms with van der Waals surface area (Å²) in [5, 5.41) is 2.78. The molecular weight excluding hydrogens is 494 g/mol. The molecule has 0 saturated heterocycles. The van der Waals surface area contributed by atoms with Crippen molar-refractivity contribution in [1.29, 1.82) is 0 Å². The van der Waals surface area contributed by atoms with Crippen LogP contribution < -0.4 is 0 Å². The number of thiophene rings is 1. The number of amides is 1. The van der Waals surface area contributed by atoms with Crippen molar-refractivity contribution >= 4 is 38.2 Å². The Labute approximate surface area is 215 Å². The minimum atomic E-state index is -4.02. The Balaban J connectivity index is 1.49. The molecule has 0 unspecified atom stereocenters. The van der Waals surface area contributed by atoms with Gasteiger partial charge in [-0.25, -0.2) is 8.42 Å². The monoisotopic (exact) mass is 521 g/mol. The van der Waals surface area contributed by atoms with Gasteiger partial charge in [-0.15, -0.1) is 11.3 Å². The smallest absolute Gasteiger partial charge is 0.245 e. The minimum Gasteiger partial charge on any atom is -0.383 e. The summed E-state index contributed by atoms with van der Waals surface area (Å²) in [6.07, 6.45) is 2.32. The van der Waals surface area contributed by atoms with Crippen molar-refractivity contribution in [3.63, 3.8) is 0 Å². The number of sulfonamides is 1. The fourth-order valence-electron chi connectivity index (χ4n) is 4.72. The maximum Gasteiger partial charge on any atom is 0.245 e. The molecule has 0 saturated carbocycles. The molecular formula is C27H27N3O4S2. The van der Waals surface area contributed by atoms with Crippen molar-refractivity contribution in [2.45, 2.75) is 17.4 Å². The number of benzene rings is 2. The van der Waals surface area contributed by atoms with Crippen molar-refractivity contribution in [2.24, 2.45) is 0 Å². The van der Waals surface area contributed by atoms with Crippen molar-refractivity contribution in [3.8, 4) is 0 Å². The van der Waals surface area contributed by atoms with Crippen LogP contribution >= 0.6 is 11.3 Å². The average Bonchev–Trinajstić information content (AvgIpc) is 3.39. The highest BCUT2D eigenvalue weighted by Gasteiger charge is 2.36. The van der Waals surface area contributed by atoms with Crippen molar-refractivity contribution in [1.82, 2.24) is 14.2 Å². The predicted molar refractivity (Wildman–Crippen MR) is 140 cm³/mol. The highest BCUT2D eigenvalue weighted by Crippen LogP contribution is 2.38. The largest absolute Gasteiger partial charge is 0.383 e. The number of carbonyl (C=O) groups is 1. The van der Waals surface area contributed by atoms with E-state index >= 15 is 0 Å². The molecule has 3 heterocycles. The number of rotatable bonds is 8. The van der Waals surface area contributed by atoms with Crippen LogP contribution in [0.5, 0.6) is 0 Å². The van der Waals surface area contributed by atoms with Gasteiger partial charge in [-0.3, -0.25) is 9.78 Å². The zero-order valence-electron chi connectivity index (χ0n) is 19.9. The summed E-state index contributed by atoms with van der Waals surface area (Å²) in [6.45, 7) is 0.473. The van der Waals surface area contributed by atoms with Crippen molar-refractivity contribution < 1.29 is 17.9 Å². The molecule has 4 aromatic rings. The molecule has 1 atom stereocenters. The van der Waals surface area contributed by atoms with Gasteiger partial charge in [-0.05, 0) is 41.1 Å². The molecule has 7 nitrogen and oxygen atoms in total. The molecule has 186 valence electrons. The van der Waals surface area contributed by atoms with Crippen LogP contribution in [-0.2, 0) is 26.0 Å². The quantitative estimate of drug-likeness (QED) is 0.349. The number of methoxy groups -OCH3 is 1. The van der Waals surface area contributed by atoms with E-state index < -0.39 is 10.0 Å². The molecule has 0 aliphatic carbocycles. The van der Waals surface area contributed by atoms with Crippen LogP contribution in [0.3, 0.4) is 0 Å². The van der Waals surface area contributed by atoms with E-state index in [1.165, 1.54) is 16.3 Å². The summed E-state index contributed by atoms with van der Waals surface area (Å²) in [5.74, 6) is -0.242. The van der Waals surface area contributed by atoms with E-state index in [1.807, 2.05) is 42.5 Å². The lowest BCUT2D eigenvalue weighted by Gasteiger charge is -2.37. The van der Waals surface area contributed by atoms with E-state index in [-0.39, 0.29) is 36.5 Å². The Hall–Kier alpha value is -3.11. The van der Waals surface area contributed by atoms with Gasteiger partial charge in [-0.1, -0.05) is 48.5 Å². The molecule has 0 fully saturated rings. The molecule has 1 aliphatic rings. The van der Waals surface area contributed by atoms with Gasteiger partial charge in [0.2, 0.25) is 15.9 Å². The number of para-hydroxylation sites is 1. The van der Waals surface area contributed by atoms with Crippen LogP contribution in [0.25, 0.3) is 10.9 Å². The highest BCUT2D eigenvalue weighted by molar-refractivity contribution is 7.89. The molecule has 5 rings (SSSR count). The zero-order valence-corrected chi connectivity index (χ0v) is 21.5. The van der Waals surface area contributed by atoms with Gasteiger partial charge in [0.25, 0.3) is 0 Å². The number of pyridine rings is 1. The van der Waals surface area contributed by atoms with Gasteiger partial charge in [0, 0.05) is 36.7 Å². The van der Waals surface area contributed by atoms with Crippen LogP contribution in [0, 0.1) is 0 Å². The topological polar surface area (TPSA) is 79.8 Å². The third kappa shape index (κ3) is 4.67. The second kappa shape index (κ2) is 10.5. The second-order valence-electron chi connectivity index (χ2n) is 8.61. The lowest BCUT2D eigenvalue weighted by Crippen LogP contribution is -2.47. The third-order valence-corrected chi connectivity index (χ3v) is 9.34. The summed E-state index contributed by atoms with van der Waals surface area (Å²) in [7, 11) is -2.51. The molecule has 0 spiro atoms. The number of carbonyl (C=O) groups excluding carboxylic acids is 1. The summed E-state index contributed by atoms with van der Waals surface area (Å²) in [6, 6.07) is 20.4. The molecule has 0 N–H and O–H groups in total. The maximum atomic E-state index is 13.8. The third-order valence-electron chi connectivity index (χ3n) is 6.47. The first kappa shape index (κ1) is 24.6. The van der Waals surface area contributed by atoms with Crippen LogP contribution in [0.1, 0.15) is 22.0 Å². The summed E-state index contributed by atoms with van der Waals surface area (Å²) in [5.41, 5.74) is 2.50. The van der Waals surface area contributed by atoms with Crippen molar-refractivity contribution in [2.75, 3.05) is 33.4 Å². The van der Waals surface area contributed by atoms with Crippen LogP contribution in [-0.4, -0.2) is 61.9 Å². The van der Waals surface area contributed by atoms with Crippen LogP contribution in [0.15, 0.2) is 83.2 Å². The number of aromatic nitrogens is 1. The Kier molecular flexibility index (Phi) is 7.15. The molecule has 0 radical (unpaired) electrons. The first-order valence-electron chi connectivity index (χ1n) is 11.7. The predicted octanol–water partition coefficient (Wildman–Crippen LogP) is 4.11. The van der Waals surface area contributed by atoms with E-state index in [2.05, 4.69) is 16.4 Å². The summed E-state index contributed by atoms with van der Waals surface area (Å²) < 4.78 is 34.1. The number of fused-ring (bicyclic) bond motifs is 2. The first-order chi connectivity index (χ1) is 17.5. The molecule has 2 aromatic carbocycles. The van der Waals surface area contributed by atoms with Crippen LogP contribution in [0.4, 0.5) is 0 Å². The number of ether oxygens (including phenoxy) is 1. The lowest BCUT2D eigenvalue weighted by molar-refractivity contribution is -0.133. The molecule has 1 amide bonds. The zero-order chi connectivity index (χ0) is 25.1. The molecule has 1 aliphatic heterocycles. The fourth-order valence-corrected chi connectivity index (χ4v) is 7.17. The Bertz CT molecular complexity index is 1470. The van der Waals surface area contributed by atoms with Gasteiger partial charge in [0.15, 0.2) is 0 Å². The van der Waals surface area contributed by atoms with E-state index in [1.54, 1.807) is 40.6 Å². The van der Waals surface area contributed by atoms with E-state index in [4.69, 9.17) is 4.74 Å². The number of nitrogens with zero attached hydrogens (tertiary/aromatic N) is 3. The van der Waals surface area contributed by atoms with Crippen molar-refractivity contribution in [3.05, 3.63) is 94.3 Å². The van der Waals surface area contributed by atoms with Gasteiger partial charge in [0.1, 0.15) is 4.90 Å². The van der Waals surface area contributed by atoms with E-state index in [0.717, 1.165) is 22.9 Å². The fraction of sp³-hybridized carbons (Fsp3) is 0.259. The summed E-state index contributed by atoms with van der Waals surface area (Å²) >= 11 is 1.70. The Morgan fingerprint density at radius 1 is 1.11 bits per heavy atom. The maximum absolute atomic E-state index is 13.8. The average molecular weight is 522 g/mol. The first-order valence-corrected chi connectivity index (χ1v) is 14.1. The van der Waals surface area contributed by atoms with Crippen LogP contribution in [0.2, 0.25) is 0 Å². The van der Waals surface area contributed by atoms with Gasteiger partial charge in [-0.2, -0.15) is 4.31 Å². The van der Waals surface area contributed by atoms with E-state index in [9.17, 15) is 13.2 Å². The normalized spacial score (nSPS) is 15.8. The standard InChI is InChI=1S/C27H27N3O4S2/c1-34-17-16-29(36(32,33)24-11-5-9-20-10-6-14-28-26(20)24)19-25(31)30-15-12-23-22(13-18-35-23)27(30)21-7-3-2-4-8-21/h2-11,13-14,18,27H,12,15-17,19H2,1H3/t27-/m0/s1. The Morgan fingerprint density at radius 2 is 1.92 bits per heavy atom. The molecule has 2 aromatic heterocycles. The van der Waals surface area contributed by atoms with Gasteiger partial charge in [0.05, 0.1) is 24.7 Å². The minimum absolute atomic E-state index is 0.0569. The molecule has 0 bridgehead atoms. The number of hydrogen-bond acceptors (Lipinski definition) is 6. The SMILES string of the molecule is COCCN(CC(=O)N1CCc2sccc2[C@@H]1c1ccccc1)S(=O)(=O)c1cccc2cccnc12. The Morgan fingerprint density at radius 3 is 2.72 bits per heavy atom. The lowest BCUT2D eigenvalue weighted by atomic mass is 9.93. The molecule has 9 heteroatoms. The number of hydrogen-bond donors (Lipinski definition) is 0. The second-order valence-corrected chi connectivity index (χ2v) is 11.5. The van der Waals surface area contributed by atoms with Gasteiger partial charge >= 0.3 is 0 Å². The van der Waals surface area contributed by atoms with E-state index in [0.29, 0.717) is 12.1 Å². The molecule has 36 heavy (non-hydrogen) atoms. The van der Waals surface area contributed by atoms with Gasteiger partial charge < -0.3 is 9.64 Å².